The van der Waals surface area contributed by atoms with E-state index in [1.165, 1.54) is 5.56 Å². The van der Waals surface area contributed by atoms with Gasteiger partial charge in [0.05, 0.1) is 0 Å². The zero-order valence-electron chi connectivity index (χ0n) is 11.1. The maximum absolute atomic E-state index is 11.9. The molecule has 1 aromatic rings. The smallest absolute Gasteiger partial charge is 0.248 e. The molecule has 0 spiro atoms. The van der Waals surface area contributed by atoms with Crippen molar-refractivity contribution in [1.82, 2.24) is 5.32 Å². The molecule has 2 unspecified atom stereocenters. The van der Waals surface area contributed by atoms with Crippen LogP contribution in [0.1, 0.15) is 23.5 Å². The Labute approximate surface area is 117 Å². The minimum Gasteiger partial charge on any atom is -0.396 e. The van der Waals surface area contributed by atoms with Gasteiger partial charge in [0.25, 0.3) is 0 Å². The third-order valence-electron chi connectivity index (χ3n) is 3.57. The molecule has 0 aromatic heterocycles. The molecule has 1 saturated heterocycles. The number of hydrogen-bond acceptors (Lipinski definition) is 4. The first kappa shape index (κ1) is 14.4. The number of nitrogens with one attached hydrogen (secondary N) is 1. The van der Waals surface area contributed by atoms with E-state index in [4.69, 9.17) is 5.73 Å². The number of thioether (sulfide) groups is 1. The Morgan fingerprint density at radius 2 is 2.21 bits per heavy atom. The van der Waals surface area contributed by atoms with Crippen molar-refractivity contribution in [2.75, 3.05) is 18.9 Å². The van der Waals surface area contributed by atoms with Crippen LogP contribution >= 0.6 is 11.8 Å². The van der Waals surface area contributed by atoms with Crippen LogP contribution in [0.4, 0.5) is 0 Å². The molecule has 0 radical (unpaired) electrons. The number of nitrogens with two attached hydrogens (primary N) is 1. The van der Waals surface area contributed by atoms with Gasteiger partial charge in [-0.25, -0.2) is 0 Å². The van der Waals surface area contributed by atoms with Crippen molar-refractivity contribution in [2.45, 2.75) is 24.1 Å². The van der Waals surface area contributed by atoms with E-state index < -0.39 is 4.87 Å². The van der Waals surface area contributed by atoms with E-state index in [1.807, 2.05) is 31.2 Å². The lowest BCUT2D eigenvalue weighted by Gasteiger charge is -2.34. The number of benzene rings is 1. The number of primary amides is 1. The summed E-state index contributed by atoms with van der Waals surface area (Å²) in [6.45, 7) is 2.83. The molecule has 0 bridgehead atoms. The van der Waals surface area contributed by atoms with E-state index in [2.05, 4.69) is 5.32 Å². The standard InChI is InChI=1S/C14H20N2O2S/c1-10-2-4-11(5-3-10)12(6-8-17)14(13(15)18)16-7-9-19-14/h2-5,12,16-17H,6-9H2,1H3,(H2,15,18). The van der Waals surface area contributed by atoms with Crippen molar-refractivity contribution in [3.63, 3.8) is 0 Å². The van der Waals surface area contributed by atoms with E-state index in [0.717, 1.165) is 17.9 Å². The number of carbonyl (C=O) groups excluding carboxylic acids is 1. The van der Waals surface area contributed by atoms with Crippen LogP contribution in [0.2, 0.25) is 0 Å². The van der Waals surface area contributed by atoms with Crippen molar-refractivity contribution in [3.8, 4) is 0 Å². The summed E-state index contributed by atoms with van der Waals surface area (Å²) in [4.78, 5) is 11.1. The number of carbonyl (C=O) groups is 1. The van der Waals surface area contributed by atoms with E-state index in [1.54, 1.807) is 11.8 Å². The SMILES string of the molecule is Cc1ccc(C(CCO)C2(C(N)=O)NCCS2)cc1. The predicted octanol–water partition coefficient (Wildman–Crippen LogP) is 0.979. The summed E-state index contributed by atoms with van der Waals surface area (Å²) in [5, 5.41) is 12.6. The molecule has 1 amide bonds. The maximum atomic E-state index is 11.9. The summed E-state index contributed by atoms with van der Waals surface area (Å²) < 4.78 is 0. The van der Waals surface area contributed by atoms with Gasteiger partial charge >= 0.3 is 0 Å². The molecule has 1 aliphatic heterocycles. The first-order valence-corrected chi connectivity index (χ1v) is 7.45. The lowest BCUT2D eigenvalue weighted by atomic mass is 9.87. The number of aliphatic hydroxyl groups excluding tert-OH is 1. The highest BCUT2D eigenvalue weighted by atomic mass is 32.2. The first-order chi connectivity index (χ1) is 9.10. The summed E-state index contributed by atoms with van der Waals surface area (Å²) in [6, 6.07) is 8.07. The summed E-state index contributed by atoms with van der Waals surface area (Å²) in [5.41, 5.74) is 7.84. The predicted molar refractivity (Wildman–Crippen MR) is 78.0 cm³/mol. The fourth-order valence-corrected chi connectivity index (χ4v) is 3.91. The minimum atomic E-state index is -0.794. The van der Waals surface area contributed by atoms with E-state index in [0.29, 0.717) is 6.42 Å². The van der Waals surface area contributed by atoms with Gasteiger partial charge in [-0.1, -0.05) is 29.8 Å². The molecule has 19 heavy (non-hydrogen) atoms. The summed E-state index contributed by atoms with van der Waals surface area (Å²) in [6.07, 6.45) is 0.520. The van der Waals surface area contributed by atoms with Gasteiger partial charge < -0.3 is 10.8 Å². The largest absolute Gasteiger partial charge is 0.396 e. The van der Waals surface area contributed by atoms with E-state index in [9.17, 15) is 9.90 Å². The minimum absolute atomic E-state index is 0.0375. The maximum Gasteiger partial charge on any atom is 0.248 e. The van der Waals surface area contributed by atoms with Gasteiger partial charge in [-0.15, -0.1) is 11.8 Å². The van der Waals surface area contributed by atoms with Crippen molar-refractivity contribution >= 4 is 17.7 Å². The molecule has 1 heterocycles. The van der Waals surface area contributed by atoms with Gasteiger partial charge in [0.15, 0.2) is 4.87 Å². The van der Waals surface area contributed by atoms with E-state index >= 15 is 0 Å². The molecule has 1 aromatic carbocycles. The van der Waals surface area contributed by atoms with Gasteiger partial charge in [0.1, 0.15) is 0 Å². The molecule has 4 N–H and O–H groups in total. The van der Waals surface area contributed by atoms with E-state index in [-0.39, 0.29) is 18.4 Å². The Kier molecular flexibility index (Phi) is 4.50. The van der Waals surface area contributed by atoms with Gasteiger partial charge in [-0.3, -0.25) is 10.1 Å². The Hall–Kier alpha value is -1.04. The molecule has 2 rings (SSSR count). The summed E-state index contributed by atoms with van der Waals surface area (Å²) in [7, 11) is 0. The molecular weight excluding hydrogens is 260 g/mol. The fraction of sp³-hybridized carbons (Fsp3) is 0.500. The zero-order valence-corrected chi connectivity index (χ0v) is 11.9. The Bertz CT molecular complexity index is 441. The number of aliphatic hydroxyl groups is 1. The number of aryl methyl sites for hydroxylation is 1. The van der Waals surface area contributed by atoms with Crippen molar-refractivity contribution < 1.29 is 9.90 Å². The zero-order chi connectivity index (χ0) is 13.9. The summed E-state index contributed by atoms with van der Waals surface area (Å²) in [5.74, 6) is 0.397. The highest BCUT2D eigenvalue weighted by Crippen LogP contribution is 2.42. The average molecular weight is 280 g/mol. The Morgan fingerprint density at radius 1 is 1.53 bits per heavy atom. The highest BCUT2D eigenvalue weighted by molar-refractivity contribution is 8.01. The second-order valence-corrected chi connectivity index (χ2v) is 6.19. The van der Waals surface area contributed by atoms with Crippen LogP contribution in [0, 0.1) is 6.92 Å². The molecule has 1 fully saturated rings. The van der Waals surface area contributed by atoms with Crippen molar-refractivity contribution in [2.24, 2.45) is 5.73 Å². The Balaban J connectivity index is 2.38. The van der Waals surface area contributed by atoms with Crippen LogP contribution < -0.4 is 11.1 Å². The molecule has 0 saturated carbocycles. The molecule has 5 heteroatoms. The second-order valence-electron chi connectivity index (χ2n) is 4.85. The van der Waals surface area contributed by atoms with Gasteiger partial charge in [0.2, 0.25) is 5.91 Å². The van der Waals surface area contributed by atoms with Gasteiger partial charge in [0, 0.05) is 24.8 Å². The average Bonchev–Trinajstić information content (AvgIpc) is 2.88. The fourth-order valence-electron chi connectivity index (χ4n) is 2.59. The normalized spacial score (nSPS) is 24.3. The quantitative estimate of drug-likeness (QED) is 0.751. The molecule has 4 nitrogen and oxygen atoms in total. The van der Waals surface area contributed by atoms with Crippen LogP contribution in [0.5, 0.6) is 0 Å². The summed E-state index contributed by atoms with van der Waals surface area (Å²) >= 11 is 1.55. The van der Waals surface area contributed by atoms with Crippen LogP contribution in [0.15, 0.2) is 24.3 Å². The second kappa shape index (κ2) is 5.94. The third-order valence-corrected chi connectivity index (χ3v) is 5.07. The first-order valence-electron chi connectivity index (χ1n) is 6.46. The molecule has 1 aliphatic rings. The van der Waals surface area contributed by atoms with Crippen molar-refractivity contribution in [1.29, 1.82) is 0 Å². The topological polar surface area (TPSA) is 75.3 Å². The van der Waals surface area contributed by atoms with Crippen molar-refractivity contribution in [3.05, 3.63) is 35.4 Å². The number of rotatable bonds is 5. The Morgan fingerprint density at radius 3 is 2.68 bits per heavy atom. The molecule has 2 atom stereocenters. The number of hydrogen-bond donors (Lipinski definition) is 3. The lowest BCUT2D eigenvalue weighted by molar-refractivity contribution is -0.121. The molecular formula is C14H20N2O2S. The third kappa shape index (κ3) is 2.78. The number of amides is 1. The molecule has 0 aliphatic carbocycles. The monoisotopic (exact) mass is 280 g/mol. The molecule has 104 valence electrons. The highest BCUT2D eigenvalue weighted by Gasteiger charge is 2.47. The van der Waals surface area contributed by atoms with Crippen LogP contribution in [-0.4, -0.2) is 34.8 Å². The van der Waals surface area contributed by atoms with Crippen LogP contribution in [-0.2, 0) is 4.79 Å². The van der Waals surface area contributed by atoms with Crippen LogP contribution in [0.25, 0.3) is 0 Å². The van der Waals surface area contributed by atoms with Gasteiger partial charge in [-0.2, -0.15) is 0 Å². The van der Waals surface area contributed by atoms with Gasteiger partial charge in [-0.05, 0) is 18.9 Å². The van der Waals surface area contributed by atoms with Crippen LogP contribution in [0.3, 0.4) is 0 Å². The lowest BCUT2D eigenvalue weighted by Crippen LogP contribution is -2.54.